The van der Waals surface area contributed by atoms with Gasteiger partial charge < -0.3 is 9.64 Å². The Labute approximate surface area is 148 Å². The number of carbonyl (C=O) groups excluding carboxylic acids is 3. The van der Waals surface area contributed by atoms with Crippen molar-refractivity contribution in [2.45, 2.75) is 46.1 Å². The third-order valence-electron chi connectivity index (χ3n) is 4.05. The van der Waals surface area contributed by atoms with Gasteiger partial charge in [0.15, 0.2) is 0 Å². The average molecular weight is 346 g/mol. The van der Waals surface area contributed by atoms with E-state index in [4.69, 9.17) is 4.74 Å². The van der Waals surface area contributed by atoms with Gasteiger partial charge in [-0.3, -0.25) is 14.5 Å². The summed E-state index contributed by atoms with van der Waals surface area (Å²) in [6.07, 6.45) is 0.688. The molecule has 0 radical (unpaired) electrons. The molecule has 0 atom stereocenters. The summed E-state index contributed by atoms with van der Waals surface area (Å²) in [6, 6.07) is 8.92. The lowest BCUT2D eigenvalue weighted by Crippen LogP contribution is -2.47. The van der Waals surface area contributed by atoms with Gasteiger partial charge in [-0.05, 0) is 45.7 Å². The van der Waals surface area contributed by atoms with E-state index in [1.54, 1.807) is 29.2 Å². The second-order valence-corrected chi connectivity index (χ2v) is 7.27. The summed E-state index contributed by atoms with van der Waals surface area (Å²) in [5, 5.41) is 0. The molecule has 6 heteroatoms. The normalized spacial score (nSPS) is 15.6. The van der Waals surface area contributed by atoms with Crippen LogP contribution in [0.2, 0.25) is 0 Å². The molecular weight excluding hydrogens is 320 g/mol. The summed E-state index contributed by atoms with van der Waals surface area (Å²) in [5.41, 5.74) is 0.0391. The molecule has 0 bridgehead atoms. The highest BCUT2D eigenvalue weighted by Crippen LogP contribution is 2.24. The van der Waals surface area contributed by atoms with E-state index in [-0.39, 0.29) is 23.8 Å². The smallest absolute Gasteiger partial charge is 0.410 e. The zero-order valence-corrected chi connectivity index (χ0v) is 15.3. The standard InChI is InChI=1S/C19H26N2O4/c1-14(22)21(16-8-6-5-7-9-16)17(23)15-10-12-20(13-11-15)18(24)25-19(2,3)4/h5-9,15H,10-13H2,1-4H3. The first-order chi connectivity index (χ1) is 11.7. The van der Waals surface area contributed by atoms with Crippen LogP contribution in [0.5, 0.6) is 0 Å². The summed E-state index contributed by atoms with van der Waals surface area (Å²) >= 11 is 0. The number of ether oxygens (including phenoxy) is 1. The fourth-order valence-corrected chi connectivity index (χ4v) is 2.86. The number of rotatable bonds is 2. The van der Waals surface area contributed by atoms with Crippen molar-refractivity contribution in [1.29, 1.82) is 0 Å². The lowest BCUT2D eigenvalue weighted by atomic mass is 9.95. The summed E-state index contributed by atoms with van der Waals surface area (Å²) in [6.45, 7) is 7.77. The van der Waals surface area contributed by atoms with E-state index >= 15 is 0 Å². The SMILES string of the molecule is CC(=O)N(C(=O)C1CCN(C(=O)OC(C)(C)C)CC1)c1ccccc1. The van der Waals surface area contributed by atoms with Crippen molar-refractivity contribution in [1.82, 2.24) is 4.90 Å². The predicted octanol–water partition coefficient (Wildman–Crippen LogP) is 3.21. The highest BCUT2D eigenvalue weighted by atomic mass is 16.6. The number of piperidine rings is 1. The van der Waals surface area contributed by atoms with Crippen LogP contribution < -0.4 is 4.90 Å². The molecule has 1 aliphatic rings. The number of likely N-dealkylation sites (tertiary alicyclic amines) is 1. The molecule has 1 aliphatic heterocycles. The average Bonchev–Trinajstić information content (AvgIpc) is 2.54. The number of benzene rings is 1. The monoisotopic (exact) mass is 346 g/mol. The van der Waals surface area contributed by atoms with Crippen molar-refractivity contribution in [3.63, 3.8) is 0 Å². The predicted molar refractivity (Wildman–Crippen MR) is 95.1 cm³/mol. The Morgan fingerprint density at radius 1 is 1.08 bits per heavy atom. The maximum absolute atomic E-state index is 12.8. The summed E-state index contributed by atoms with van der Waals surface area (Å²) in [5.74, 6) is -0.781. The number of nitrogens with zero attached hydrogens (tertiary/aromatic N) is 2. The Kier molecular flexibility index (Phi) is 5.82. The van der Waals surface area contributed by atoms with Gasteiger partial charge in [-0.2, -0.15) is 0 Å². The first-order valence-corrected chi connectivity index (χ1v) is 8.56. The molecule has 2 rings (SSSR count). The highest BCUT2D eigenvalue weighted by Gasteiger charge is 2.33. The van der Waals surface area contributed by atoms with Crippen LogP contribution in [0.3, 0.4) is 0 Å². The Hall–Kier alpha value is -2.37. The van der Waals surface area contributed by atoms with Crippen LogP contribution >= 0.6 is 0 Å². The molecule has 6 nitrogen and oxygen atoms in total. The third kappa shape index (κ3) is 5.05. The van der Waals surface area contributed by atoms with Crippen LogP contribution in [0.1, 0.15) is 40.5 Å². The van der Waals surface area contributed by atoms with Crippen molar-refractivity contribution in [2.75, 3.05) is 18.0 Å². The Bertz CT molecular complexity index is 629. The minimum absolute atomic E-state index is 0.206. The van der Waals surface area contributed by atoms with Gasteiger partial charge in [0, 0.05) is 25.9 Å². The minimum atomic E-state index is -0.539. The van der Waals surface area contributed by atoms with Gasteiger partial charge in [0.05, 0.1) is 5.69 Å². The van der Waals surface area contributed by atoms with E-state index in [9.17, 15) is 14.4 Å². The van der Waals surface area contributed by atoms with Gasteiger partial charge >= 0.3 is 6.09 Å². The van der Waals surface area contributed by atoms with Gasteiger partial charge in [-0.15, -0.1) is 0 Å². The molecule has 3 amide bonds. The lowest BCUT2D eigenvalue weighted by Gasteiger charge is -2.34. The topological polar surface area (TPSA) is 66.9 Å². The third-order valence-corrected chi connectivity index (χ3v) is 4.05. The highest BCUT2D eigenvalue weighted by molar-refractivity contribution is 6.14. The van der Waals surface area contributed by atoms with Crippen molar-refractivity contribution in [3.8, 4) is 0 Å². The van der Waals surface area contributed by atoms with Gasteiger partial charge in [0.1, 0.15) is 5.60 Å². The van der Waals surface area contributed by atoms with Crippen LogP contribution in [0.15, 0.2) is 30.3 Å². The maximum atomic E-state index is 12.8. The molecule has 0 spiro atoms. The Balaban J connectivity index is 2.00. The fourth-order valence-electron chi connectivity index (χ4n) is 2.86. The second-order valence-electron chi connectivity index (χ2n) is 7.27. The fraction of sp³-hybridized carbons (Fsp3) is 0.526. The van der Waals surface area contributed by atoms with Crippen molar-refractivity contribution >= 4 is 23.6 Å². The molecule has 25 heavy (non-hydrogen) atoms. The molecule has 0 N–H and O–H groups in total. The van der Waals surface area contributed by atoms with Crippen LogP contribution in [0, 0.1) is 5.92 Å². The zero-order valence-electron chi connectivity index (χ0n) is 15.3. The number of carbonyl (C=O) groups is 3. The molecule has 0 unspecified atom stereocenters. The van der Waals surface area contributed by atoms with Crippen LogP contribution in [-0.2, 0) is 14.3 Å². The molecule has 1 aromatic carbocycles. The maximum Gasteiger partial charge on any atom is 0.410 e. The molecule has 0 saturated carbocycles. The van der Waals surface area contributed by atoms with Gasteiger partial charge in [-0.1, -0.05) is 18.2 Å². The molecule has 1 saturated heterocycles. The number of imide groups is 1. The van der Waals surface area contributed by atoms with Gasteiger partial charge in [0.25, 0.3) is 0 Å². The summed E-state index contributed by atoms with van der Waals surface area (Å²) in [4.78, 5) is 39.8. The van der Waals surface area contributed by atoms with E-state index in [0.717, 1.165) is 0 Å². The second kappa shape index (κ2) is 7.68. The Morgan fingerprint density at radius 2 is 1.64 bits per heavy atom. The lowest BCUT2D eigenvalue weighted by molar-refractivity contribution is -0.129. The molecule has 0 aliphatic carbocycles. The van der Waals surface area contributed by atoms with E-state index in [1.807, 2.05) is 26.8 Å². The van der Waals surface area contributed by atoms with Crippen LogP contribution in [-0.4, -0.2) is 41.5 Å². The Morgan fingerprint density at radius 3 is 2.12 bits per heavy atom. The van der Waals surface area contributed by atoms with E-state index in [2.05, 4.69) is 0 Å². The van der Waals surface area contributed by atoms with Gasteiger partial charge in [-0.25, -0.2) is 4.79 Å². The molecule has 1 fully saturated rings. The zero-order chi connectivity index (χ0) is 18.6. The molecule has 1 aromatic rings. The van der Waals surface area contributed by atoms with E-state index in [0.29, 0.717) is 31.6 Å². The molecule has 1 heterocycles. The largest absolute Gasteiger partial charge is 0.444 e. The first kappa shape index (κ1) is 19.0. The van der Waals surface area contributed by atoms with Crippen molar-refractivity contribution < 1.29 is 19.1 Å². The summed E-state index contributed by atoms with van der Waals surface area (Å²) in [7, 11) is 0. The van der Waals surface area contributed by atoms with E-state index in [1.165, 1.54) is 11.8 Å². The van der Waals surface area contributed by atoms with Crippen molar-refractivity contribution in [2.24, 2.45) is 5.92 Å². The molecule has 0 aromatic heterocycles. The van der Waals surface area contributed by atoms with Crippen LogP contribution in [0.4, 0.5) is 10.5 Å². The summed E-state index contributed by atoms with van der Waals surface area (Å²) < 4.78 is 5.37. The minimum Gasteiger partial charge on any atom is -0.444 e. The quantitative estimate of drug-likeness (QED) is 0.825. The number of para-hydroxylation sites is 1. The number of anilines is 1. The van der Waals surface area contributed by atoms with Crippen LogP contribution in [0.25, 0.3) is 0 Å². The number of hydrogen-bond acceptors (Lipinski definition) is 4. The first-order valence-electron chi connectivity index (χ1n) is 8.56. The van der Waals surface area contributed by atoms with Gasteiger partial charge in [0.2, 0.25) is 11.8 Å². The number of hydrogen-bond donors (Lipinski definition) is 0. The molecular formula is C19H26N2O4. The molecule has 136 valence electrons. The number of amides is 3. The van der Waals surface area contributed by atoms with E-state index < -0.39 is 5.60 Å². The van der Waals surface area contributed by atoms with Crippen molar-refractivity contribution in [3.05, 3.63) is 30.3 Å².